The summed E-state index contributed by atoms with van der Waals surface area (Å²) in [7, 11) is 3.89. The van der Waals surface area contributed by atoms with Crippen molar-refractivity contribution in [3.05, 3.63) is 0 Å². The molecule has 0 aliphatic carbocycles. The molecule has 0 saturated heterocycles. The zero-order valence-electron chi connectivity index (χ0n) is 12.2. The summed E-state index contributed by atoms with van der Waals surface area (Å²) in [4.78, 5) is 35.1. The Labute approximate surface area is 120 Å². The second kappa shape index (κ2) is 8.39. The summed E-state index contributed by atoms with van der Waals surface area (Å²) in [5.41, 5.74) is 0. The van der Waals surface area contributed by atoms with Crippen LogP contribution in [-0.2, 0) is 28.6 Å². The van der Waals surface area contributed by atoms with Crippen LogP contribution in [-0.4, -0.2) is 59.0 Å². The molecule has 7 heteroatoms. The second-order valence-corrected chi connectivity index (χ2v) is 14.5. The number of ether oxygens (including phenoxy) is 3. The summed E-state index contributed by atoms with van der Waals surface area (Å²) in [6.45, 7) is 5.12. The minimum atomic E-state index is -2.84. The van der Waals surface area contributed by atoms with Gasteiger partial charge in [0.15, 0.2) is 0 Å². The van der Waals surface area contributed by atoms with Crippen LogP contribution in [0.5, 0.6) is 0 Å². The third kappa shape index (κ3) is 4.67. The average molecular weight is 380 g/mol. The van der Waals surface area contributed by atoms with Gasteiger partial charge in [-0.25, -0.2) is 0 Å². The van der Waals surface area contributed by atoms with Gasteiger partial charge in [0.2, 0.25) is 0 Å². The Balaban J connectivity index is 5.29. The third-order valence-electron chi connectivity index (χ3n) is 3.16. The van der Waals surface area contributed by atoms with Gasteiger partial charge in [-0.2, -0.15) is 0 Å². The SMILES string of the molecule is COC(=O)[CH](C)[Sn+]([CH](C)C(=O)OC)[CH](C)C(=O)OC. The summed E-state index contributed by atoms with van der Waals surface area (Å²) in [6, 6.07) is 0. The van der Waals surface area contributed by atoms with Crippen LogP contribution in [0.15, 0.2) is 0 Å². The number of hydrogen-bond donors (Lipinski definition) is 0. The van der Waals surface area contributed by atoms with Crippen LogP contribution in [0.3, 0.4) is 0 Å². The summed E-state index contributed by atoms with van der Waals surface area (Å²) < 4.78 is 12.9. The molecule has 0 heterocycles. The van der Waals surface area contributed by atoms with E-state index in [9.17, 15) is 14.4 Å². The number of methoxy groups -OCH3 is 3. The quantitative estimate of drug-likeness (QED) is 0.391. The molecule has 0 saturated carbocycles. The first-order valence-corrected chi connectivity index (χ1v) is 10.9. The molecule has 0 N–H and O–H groups in total. The molecule has 0 radical (unpaired) electrons. The number of rotatable bonds is 6. The van der Waals surface area contributed by atoms with Crippen molar-refractivity contribution < 1.29 is 28.6 Å². The Hall–Kier alpha value is -0.791. The van der Waals surface area contributed by atoms with Gasteiger partial charge in [0.1, 0.15) is 0 Å². The summed E-state index contributed by atoms with van der Waals surface area (Å²) >= 11 is -2.84. The Morgan fingerprint density at radius 3 is 1.05 bits per heavy atom. The van der Waals surface area contributed by atoms with Crippen LogP contribution < -0.4 is 0 Å². The van der Waals surface area contributed by atoms with Crippen LogP contribution >= 0.6 is 0 Å². The van der Waals surface area contributed by atoms with Crippen molar-refractivity contribution in [2.45, 2.75) is 32.6 Å². The van der Waals surface area contributed by atoms with E-state index in [1.54, 1.807) is 20.8 Å². The molecule has 0 aromatic heterocycles. The summed E-state index contributed by atoms with van der Waals surface area (Å²) in [6.07, 6.45) is 0. The van der Waals surface area contributed by atoms with Crippen molar-refractivity contribution in [1.82, 2.24) is 0 Å². The van der Waals surface area contributed by atoms with Gasteiger partial charge < -0.3 is 0 Å². The Morgan fingerprint density at radius 1 is 0.684 bits per heavy atom. The number of carbonyl (C=O) groups is 3. The molecule has 0 rings (SSSR count). The first kappa shape index (κ1) is 18.2. The predicted molar refractivity (Wildman–Crippen MR) is 70.1 cm³/mol. The second-order valence-electron chi connectivity index (χ2n) is 4.23. The molecule has 3 atom stereocenters. The normalized spacial score (nSPS) is 14.8. The standard InChI is InChI=1S/3C4H7O2.Sn/c3*1-3-4(5)6-2;/h3*3H,1-2H3;/q;;;+1. The maximum atomic E-state index is 11.7. The third-order valence-corrected chi connectivity index (χ3v) is 13.7. The van der Waals surface area contributed by atoms with Gasteiger partial charge in [-0.1, -0.05) is 0 Å². The molecule has 3 unspecified atom stereocenters. The van der Waals surface area contributed by atoms with Gasteiger partial charge in [0.05, 0.1) is 0 Å². The monoisotopic (exact) mass is 381 g/mol. The zero-order valence-corrected chi connectivity index (χ0v) is 15.0. The number of hydrogen-bond acceptors (Lipinski definition) is 6. The van der Waals surface area contributed by atoms with Crippen molar-refractivity contribution in [2.75, 3.05) is 21.3 Å². The minimum absolute atomic E-state index is 0.388. The molecule has 0 bridgehead atoms. The van der Waals surface area contributed by atoms with E-state index in [0.717, 1.165) is 0 Å². The zero-order chi connectivity index (χ0) is 15.2. The molecule has 0 aromatic rings. The van der Waals surface area contributed by atoms with Crippen molar-refractivity contribution in [3.63, 3.8) is 0 Å². The van der Waals surface area contributed by atoms with Crippen LogP contribution in [0.25, 0.3) is 0 Å². The number of esters is 3. The van der Waals surface area contributed by atoms with Gasteiger partial charge in [-0.3, -0.25) is 0 Å². The first-order chi connectivity index (χ1) is 8.81. The molecule has 0 fully saturated rings. The molecular weight excluding hydrogens is 359 g/mol. The van der Waals surface area contributed by atoms with Gasteiger partial charge in [0.25, 0.3) is 0 Å². The van der Waals surface area contributed by atoms with Gasteiger partial charge in [-0.05, 0) is 0 Å². The molecule has 0 aliphatic heterocycles. The Bertz CT molecular complexity index is 291. The van der Waals surface area contributed by atoms with E-state index >= 15 is 0 Å². The fourth-order valence-electron chi connectivity index (χ4n) is 2.06. The van der Waals surface area contributed by atoms with E-state index in [1.165, 1.54) is 21.3 Å². The molecule has 0 aliphatic rings. The van der Waals surface area contributed by atoms with E-state index in [0.29, 0.717) is 0 Å². The fourth-order valence-corrected chi connectivity index (χ4v) is 11.8. The van der Waals surface area contributed by atoms with Crippen LogP contribution in [0.2, 0.25) is 11.8 Å². The van der Waals surface area contributed by atoms with Crippen molar-refractivity contribution in [2.24, 2.45) is 0 Å². The molecule has 0 amide bonds. The fraction of sp³-hybridized carbons (Fsp3) is 0.750. The van der Waals surface area contributed by atoms with E-state index in [1.807, 2.05) is 0 Å². The van der Waals surface area contributed by atoms with E-state index in [-0.39, 0.29) is 17.9 Å². The molecular formula is C12H21O6Sn+. The van der Waals surface area contributed by atoms with Gasteiger partial charge in [0, 0.05) is 0 Å². The van der Waals surface area contributed by atoms with Gasteiger partial charge in [-0.15, -0.1) is 0 Å². The van der Waals surface area contributed by atoms with Crippen molar-refractivity contribution >= 4 is 37.7 Å². The van der Waals surface area contributed by atoms with E-state index in [2.05, 4.69) is 0 Å². The molecule has 0 aromatic carbocycles. The summed E-state index contributed by atoms with van der Waals surface area (Å²) in [5.74, 6) is -1.16. The van der Waals surface area contributed by atoms with E-state index in [4.69, 9.17) is 14.2 Å². The average Bonchev–Trinajstić information content (AvgIpc) is 2.43. The molecule has 19 heavy (non-hydrogen) atoms. The molecule has 108 valence electrons. The number of carbonyl (C=O) groups excluding carboxylic acids is 3. The topological polar surface area (TPSA) is 78.9 Å². The molecule has 0 spiro atoms. The summed E-state index contributed by atoms with van der Waals surface area (Å²) in [5, 5.41) is 0. The van der Waals surface area contributed by atoms with Gasteiger partial charge >= 0.3 is 120 Å². The van der Waals surface area contributed by atoms with E-state index < -0.39 is 31.6 Å². The Kier molecular flexibility index (Phi) is 8.04. The maximum absolute atomic E-state index is 11.7. The first-order valence-electron chi connectivity index (χ1n) is 5.91. The molecule has 6 nitrogen and oxygen atoms in total. The van der Waals surface area contributed by atoms with Crippen LogP contribution in [0.4, 0.5) is 0 Å². The van der Waals surface area contributed by atoms with Crippen molar-refractivity contribution in [1.29, 1.82) is 0 Å². The van der Waals surface area contributed by atoms with Crippen LogP contribution in [0.1, 0.15) is 20.8 Å². The van der Waals surface area contributed by atoms with Crippen molar-refractivity contribution in [3.8, 4) is 0 Å². The van der Waals surface area contributed by atoms with Crippen LogP contribution in [0, 0.1) is 0 Å². The Morgan fingerprint density at radius 2 is 0.895 bits per heavy atom. The predicted octanol–water partition coefficient (Wildman–Crippen LogP) is 1.17.